The number of benzene rings is 2. The van der Waals surface area contributed by atoms with Gasteiger partial charge < -0.3 is 19.5 Å². The van der Waals surface area contributed by atoms with Gasteiger partial charge in [-0.05, 0) is 29.3 Å². The summed E-state index contributed by atoms with van der Waals surface area (Å²) in [5, 5.41) is 2.59. The van der Waals surface area contributed by atoms with Crippen molar-refractivity contribution in [3.05, 3.63) is 58.5 Å². The zero-order chi connectivity index (χ0) is 18.5. The molecule has 2 aromatic rings. The van der Waals surface area contributed by atoms with Gasteiger partial charge in [0.05, 0.1) is 19.1 Å². The van der Waals surface area contributed by atoms with E-state index in [4.69, 9.17) is 26.4 Å². The predicted octanol–water partition coefficient (Wildman–Crippen LogP) is 3.77. The quantitative estimate of drug-likeness (QED) is 0.601. The first kappa shape index (κ1) is 18.3. The number of carbonyl (C=O) groups is 1. The predicted molar refractivity (Wildman–Crippen MR) is 107 cm³/mol. The number of thioether (sulfide) groups is 1. The van der Waals surface area contributed by atoms with E-state index in [1.807, 2.05) is 30.3 Å². The molecule has 0 unspecified atom stereocenters. The lowest BCUT2D eigenvalue weighted by atomic mass is 10.1. The molecule has 0 atom stereocenters. The minimum Gasteiger partial charge on any atom is -0.493 e. The Morgan fingerprint density at radius 2 is 1.77 bits per heavy atom. The highest BCUT2D eigenvalue weighted by molar-refractivity contribution is 8.26. The summed E-state index contributed by atoms with van der Waals surface area (Å²) in [6.07, 6.45) is 1.74. The van der Waals surface area contributed by atoms with Crippen LogP contribution in [-0.2, 0) is 11.4 Å². The van der Waals surface area contributed by atoms with Crippen LogP contribution in [0.2, 0.25) is 0 Å². The van der Waals surface area contributed by atoms with E-state index in [2.05, 4.69) is 5.32 Å². The van der Waals surface area contributed by atoms with E-state index in [9.17, 15) is 4.79 Å². The fourth-order valence-electron chi connectivity index (χ4n) is 2.43. The topological polar surface area (TPSA) is 56.8 Å². The van der Waals surface area contributed by atoms with Gasteiger partial charge in [-0.15, -0.1) is 0 Å². The van der Waals surface area contributed by atoms with E-state index in [1.165, 1.54) is 11.8 Å². The first-order valence-electron chi connectivity index (χ1n) is 7.78. The van der Waals surface area contributed by atoms with Crippen molar-refractivity contribution < 1.29 is 19.0 Å². The zero-order valence-electron chi connectivity index (χ0n) is 14.3. The summed E-state index contributed by atoms with van der Waals surface area (Å²) in [4.78, 5) is 12.4. The molecule has 1 fully saturated rings. The molecule has 0 bridgehead atoms. The second-order valence-electron chi connectivity index (χ2n) is 5.38. The SMILES string of the molecule is COc1cc(/C=C2\SC(=S)NC2=O)cc(OC)c1OCc1ccccc1. The van der Waals surface area contributed by atoms with Crippen LogP contribution in [0.4, 0.5) is 0 Å². The molecule has 7 heteroatoms. The molecule has 0 spiro atoms. The molecule has 1 aliphatic rings. The van der Waals surface area contributed by atoms with Crippen molar-refractivity contribution in [1.29, 1.82) is 0 Å². The van der Waals surface area contributed by atoms with Gasteiger partial charge in [0.1, 0.15) is 10.9 Å². The van der Waals surface area contributed by atoms with Gasteiger partial charge in [-0.1, -0.05) is 54.3 Å². The van der Waals surface area contributed by atoms with E-state index in [1.54, 1.807) is 32.4 Å². The summed E-state index contributed by atoms with van der Waals surface area (Å²) < 4.78 is 17.3. The first-order valence-corrected chi connectivity index (χ1v) is 9.01. The molecular formula is C19H17NO4S2. The number of rotatable bonds is 6. The maximum absolute atomic E-state index is 11.8. The molecule has 0 radical (unpaired) electrons. The van der Waals surface area contributed by atoms with Gasteiger partial charge in [-0.2, -0.15) is 0 Å². The number of carbonyl (C=O) groups excluding carboxylic acids is 1. The van der Waals surface area contributed by atoms with E-state index < -0.39 is 0 Å². The fraction of sp³-hybridized carbons (Fsp3) is 0.158. The molecule has 0 aliphatic carbocycles. The summed E-state index contributed by atoms with van der Waals surface area (Å²) in [6.45, 7) is 0.389. The highest BCUT2D eigenvalue weighted by atomic mass is 32.2. The third-order valence-corrected chi connectivity index (χ3v) is 4.81. The summed E-state index contributed by atoms with van der Waals surface area (Å²) in [7, 11) is 3.13. The minimum atomic E-state index is -0.206. The van der Waals surface area contributed by atoms with Crippen molar-refractivity contribution in [3.63, 3.8) is 0 Å². The molecule has 1 N–H and O–H groups in total. The number of methoxy groups -OCH3 is 2. The van der Waals surface area contributed by atoms with Gasteiger partial charge in [-0.25, -0.2) is 0 Å². The average Bonchev–Trinajstić information content (AvgIpc) is 2.97. The lowest BCUT2D eigenvalue weighted by Gasteiger charge is -2.15. The highest BCUT2D eigenvalue weighted by Crippen LogP contribution is 2.40. The van der Waals surface area contributed by atoms with Gasteiger partial charge in [0, 0.05) is 0 Å². The van der Waals surface area contributed by atoms with E-state index in [0.717, 1.165) is 11.1 Å². The summed E-state index contributed by atoms with van der Waals surface area (Å²) >= 11 is 6.24. The third kappa shape index (κ3) is 4.17. The van der Waals surface area contributed by atoms with Crippen molar-refractivity contribution in [2.24, 2.45) is 0 Å². The fourth-order valence-corrected chi connectivity index (χ4v) is 3.47. The summed E-state index contributed by atoms with van der Waals surface area (Å²) in [5.74, 6) is 1.36. The van der Waals surface area contributed by atoms with Crippen LogP contribution in [0.5, 0.6) is 17.2 Å². The van der Waals surface area contributed by atoms with Crippen LogP contribution in [0.1, 0.15) is 11.1 Å². The van der Waals surface area contributed by atoms with Crippen LogP contribution >= 0.6 is 24.0 Å². The smallest absolute Gasteiger partial charge is 0.263 e. The number of nitrogens with one attached hydrogen (secondary N) is 1. The van der Waals surface area contributed by atoms with Crippen LogP contribution in [0, 0.1) is 0 Å². The van der Waals surface area contributed by atoms with Crippen molar-refractivity contribution in [2.75, 3.05) is 14.2 Å². The Balaban J connectivity index is 1.89. The maximum atomic E-state index is 11.8. The van der Waals surface area contributed by atoms with Crippen LogP contribution in [-0.4, -0.2) is 24.4 Å². The molecule has 1 aliphatic heterocycles. The average molecular weight is 387 g/mol. The Morgan fingerprint density at radius 3 is 2.31 bits per heavy atom. The largest absolute Gasteiger partial charge is 0.493 e. The Hall–Kier alpha value is -2.51. The third-order valence-electron chi connectivity index (χ3n) is 3.65. The van der Waals surface area contributed by atoms with Crippen molar-refractivity contribution in [3.8, 4) is 17.2 Å². The Kier molecular flexibility index (Phi) is 5.80. The lowest BCUT2D eigenvalue weighted by molar-refractivity contribution is -0.115. The molecule has 26 heavy (non-hydrogen) atoms. The lowest BCUT2D eigenvalue weighted by Crippen LogP contribution is -2.17. The number of hydrogen-bond acceptors (Lipinski definition) is 6. The second kappa shape index (κ2) is 8.25. The molecule has 3 rings (SSSR count). The molecule has 134 valence electrons. The molecule has 1 heterocycles. The van der Waals surface area contributed by atoms with Crippen LogP contribution < -0.4 is 19.5 Å². The van der Waals surface area contributed by atoms with E-state index in [-0.39, 0.29) is 5.91 Å². The molecule has 5 nitrogen and oxygen atoms in total. The minimum absolute atomic E-state index is 0.206. The normalized spacial score (nSPS) is 15.1. The van der Waals surface area contributed by atoms with Gasteiger partial charge in [-0.3, -0.25) is 4.79 Å². The second-order valence-corrected chi connectivity index (χ2v) is 7.10. The molecule has 1 saturated heterocycles. The maximum Gasteiger partial charge on any atom is 0.263 e. The van der Waals surface area contributed by atoms with Crippen LogP contribution in [0.3, 0.4) is 0 Å². The van der Waals surface area contributed by atoms with Crippen LogP contribution in [0.25, 0.3) is 6.08 Å². The Labute approximate surface area is 161 Å². The molecule has 0 saturated carbocycles. The first-order chi connectivity index (χ1) is 12.6. The molecule has 2 aromatic carbocycles. The summed E-state index contributed by atoms with van der Waals surface area (Å²) in [6, 6.07) is 13.4. The van der Waals surface area contributed by atoms with Gasteiger partial charge in [0.15, 0.2) is 11.5 Å². The molecule has 0 aromatic heterocycles. The van der Waals surface area contributed by atoms with Gasteiger partial charge in [0.25, 0.3) is 5.91 Å². The van der Waals surface area contributed by atoms with Gasteiger partial charge in [0.2, 0.25) is 5.75 Å². The monoisotopic (exact) mass is 387 g/mol. The van der Waals surface area contributed by atoms with E-state index >= 15 is 0 Å². The number of hydrogen-bond donors (Lipinski definition) is 1. The van der Waals surface area contributed by atoms with Crippen LogP contribution in [0.15, 0.2) is 47.4 Å². The number of amides is 1. The van der Waals surface area contributed by atoms with Crippen molar-refractivity contribution in [1.82, 2.24) is 5.32 Å². The highest BCUT2D eigenvalue weighted by Gasteiger charge is 2.23. The van der Waals surface area contributed by atoms with Crippen molar-refractivity contribution in [2.45, 2.75) is 6.61 Å². The number of ether oxygens (including phenoxy) is 3. The van der Waals surface area contributed by atoms with Crippen molar-refractivity contribution >= 4 is 40.3 Å². The summed E-state index contributed by atoms with van der Waals surface area (Å²) in [5.41, 5.74) is 1.79. The Bertz CT molecular complexity index is 840. The number of thiocarbonyl (C=S) groups is 1. The van der Waals surface area contributed by atoms with E-state index in [0.29, 0.717) is 33.1 Å². The molecule has 1 amide bonds. The standard InChI is InChI=1S/C19H17NO4S2/c1-22-14-8-13(10-16-18(21)20-19(25)26-16)9-15(23-2)17(14)24-11-12-6-4-3-5-7-12/h3-10H,11H2,1-2H3,(H,20,21,25)/b16-10-. The van der Waals surface area contributed by atoms with Gasteiger partial charge >= 0.3 is 0 Å². The zero-order valence-corrected chi connectivity index (χ0v) is 15.9. The Morgan fingerprint density at radius 1 is 1.12 bits per heavy atom. The molecular weight excluding hydrogens is 370 g/mol.